The maximum atomic E-state index is 12.4. The first-order chi connectivity index (χ1) is 15.2. The van der Waals surface area contributed by atoms with Gasteiger partial charge in [0, 0.05) is 22.0 Å². The van der Waals surface area contributed by atoms with E-state index in [-0.39, 0.29) is 22.9 Å². The zero-order valence-corrected chi connectivity index (χ0v) is 21.0. The Bertz CT molecular complexity index is 1260. The van der Waals surface area contributed by atoms with E-state index >= 15 is 0 Å². The quantitative estimate of drug-likeness (QED) is 0.281. The van der Waals surface area contributed by atoms with Gasteiger partial charge in [0.25, 0.3) is 5.91 Å². The summed E-state index contributed by atoms with van der Waals surface area (Å²) >= 11 is 4.85. The predicted octanol–water partition coefficient (Wildman–Crippen LogP) is 3.08. The number of halogens is 2. The van der Waals surface area contributed by atoms with Crippen LogP contribution in [0.1, 0.15) is 10.4 Å². The average molecular weight is 570 g/mol. The first kappa shape index (κ1) is 23.9. The monoisotopic (exact) mass is 568 g/mol. The van der Waals surface area contributed by atoms with Gasteiger partial charge >= 0.3 is 0 Å². The van der Waals surface area contributed by atoms with Crippen LogP contribution in [0.2, 0.25) is 0 Å². The third-order valence-corrected chi connectivity index (χ3v) is 6.15. The van der Waals surface area contributed by atoms with E-state index in [4.69, 9.17) is 0 Å². The van der Waals surface area contributed by atoms with Gasteiger partial charge in [-0.05, 0) is 41.0 Å². The highest BCUT2D eigenvalue weighted by Crippen LogP contribution is 2.25. The minimum absolute atomic E-state index is 0. The molecule has 0 fully saturated rings. The Morgan fingerprint density at radius 2 is 1.59 bits per heavy atom. The summed E-state index contributed by atoms with van der Waals surface area (Å²) in [5.74, 6) is -0.250. The fourth-order valence-electron chi connectivity index (χ4n) is 3.18. The molecule has 4 aromatic rings. The van der Waals surface area contributed by atoms with Crippen molar-refractivity contribution < 1.29 is 21.8 Å². The highest BCUT2D eigenvalue weighted by molar-refractivity contribution is 9.10. The van der Waals surface area contributed by atoms with Gasteiger partial charge in [0.15, 0.2) is 0 Å². The molecule has 1 N–H and O–H groups in total. The maximum absolute atomic E-state index is 12.4. The Hall–Kier alpha value is -2.74. The van der Waals surface area contributed by atoms with Gasteiger partial charge in [0.05, 0.1) is 5.69 Å². The van der Waals surface area contributed by atoms with Crippen molar-refractivity contribution in [2.24, 2.45) is 5.10 Å². The Morgan fingerprint density at radius 3 is 2.25 bits per heavy atom. The van der Waals surface area contributed by atoms with E-state index in [0.717, 1.165) is 15.7 Å². The summed E-state index contributed by atoms with van der Waals surface area (Å²) in [6.45, 7) is 4.46. The van der Waals surface area contributed by atoms with Crippen LogP contribution in [0.4, 0.5) is 0 Å². The molecule has 0 atom stereocenters. The van der Waals surface area contributed by atoms with Crippen LogP contribution in [-0.4, -0.2) is 10.5 Å². The molecule has 4 nitrogen and oxygen atoms in total. The summed E-state index contributed by atoms with van der Waals surface area (Å²) in [6, 6.07) is 25.9. The molecule has 0 saturated heterocycles. The van der Waals surface area contributed by atoms with Crippen molar-refractivity contribution in [3.8, 4) is 22.4 Å². The largest absolute Gasteiger partial charge is 1.00 e. The summed E-state index contributed by atoms with van der Waals surface area (Å²) in [5, 5.41) is 6.40. The van der Waals surface area contributed by atoms with Crippen LogP contribution >= 0.6 is 27.3 Å². The van der Waals surface area contributed by atoms with Crippen LogP contribution in [0.5, 0.6) is 0 Å². The molecule has 3 aromatic carbocycles. The molecule has 0 radical (unpaired) electrons. The van der Waals surface area contributed by atoms with Crippen molar-refractivity contribution in [2.75, 3.05) is 0 Å². The van der Waals surface area contributed by atoms with Crippen molar-refractivity contribution in [1.82, 2.24) is 9.99 Å². The molecule has 0 aliphatic rings. The normalized spacial score (nSPS) is 11.0. The number of rotatable bonds is 6. The van der Waals surface area contributed by atoms with Gasteiger partial charge in [-0.15, -0.1) is 23.0 Å². The summed E-state index contributed by atoms with van der Waals surface area (Å²) < 4.78 is 2.96. The molecule has 0 aliphatic heterocycles. The van der Waals surface area contributed by atoms with Gasteiger partial charge in [0.1, 0.15) is 0 Å². The van der Waals surface area contributed by atoms with Crippen LogP contribution < -0.4 is 27.2 Å². The summed E-state index contributed by atoms with van der Waals surface area (Å²) in [6.07, 6.45) is 1.82. The number of thiazole rings is 1. The molecule has 1 aromatic heterocycles. The van der Waals surface area contributed by atoms with Crippen molar-refractivity contribution in [2.45, 2.75) is 6.54 Å². The van der Waals surface area contributed by atoms with E-state index in [1.165, 1.54) is 22.5 Å². The van der Waals surface area contributed by atoms with E-state index in [1.807, 2.05) is 46.4 Å². The number of hydrogen-bond donors (Lipinski definition) is 1. The minimum Gasteiger partial charge on any atom is -1.00 e. The average Bonchev–Trinajstić information content (AvgIpc) is 3.21. The molecule has 1 heterocycles. The zero-order valence-electron chi connectivity index (χ0n) is 17.0. The Labute approximate surface area is 209 Å². The first-order valence-electron chi connectivity index (χ1n) is 9.70. The Kier molecular flexibility index (Phi) is 8.39. The summed E-state index contributed by atoms with van der Waals surface area (Å²) in [5.41, 5.74) is 7.67. The lowest BCUT2D eigenvalue weighted by molar-refractivity contribution is -0.0000141. The molecule has 4 rings (SSSR count). The minimum atomic E-state index is -0.250. The number of benzene rings is 3. The van der Waals surface area contributed by atoms with Crippen molar-refractivity contribution in [1.29, 1.82) is 0 Å². The van der Waals surface area contributed by atoms with E-state index in [0.29, 0.717) is 16.9 Å². The Balaban J connectivity index is 0.00000289. The fraction of sp³-hybridized carbons (Fsp3) is 0.0400. The number of aromatic nitrogens is 1. The van der Waals surface area contributed by atoms with Crippen LogP contribution in [0.15, 0.2) is 106 Å². The highest BCUT2D eigenvalue weighted by atomic mass is 79.9. The van der Waals surface area contributed by atoms with E-state index in [1.54, 1.807) is 12.1 Å². The fourth-order valence-corrected chi connectivity index (χ4v) is 4.33. The zero-order chi connectivity index (χ0) is 21.6. The predicted molar refractivity (Wildman–Crippen MR) is 131 cm³/mol. The highest BCUT2D eigenvalue weighted by Gasteiger charge is 2.09. The van der Waals surface area contributed by atoms with Crippen molar-refractivity contribution in [3.05, 3.63) is 112 Å². The smallest absolute Gasteiger partial charge is 0.271 e. The number of allylic oxidation sites excluding steroid dienone is 1. The van der Waals surface area contributed by atoms with Crippen LogP contribution in [-0.2, 0) is 6.54 Å². The molecular weight excluding hydrogens is 550 g/mol. The van der Waals surface area contributed by atoms with Gasteiger partial charge in [-0.2, -0.15) is 0 Å². The molecule has 0 unspecified atom stereocenters. The topological polar surface area (TPSA) is 46.4 Å². The van der Waals surface area contributed by atoms with Gasteiger partial charge in [-0.3, -0.25) is 4.79 Å². The molecule has 1 amide bonds. The standard InChI is InChI=1S/C25H20BrN3OS.BrH/c1-2-16-29-23(20-10-8-19(9-11-20)18-6-4-3-5-7-18)17-31-25(29)28-27-24(30)21-12-14-22(26)15-13-21;/h2-15,17H,1,16H2,(H,27,30);1H/p-1/b28-25+;. The maximum Gasteiger partial charge on any atom is 0.271 e. The molecule has 0 aliphatic carbocycles. The Morgan fingerprint density at radius 1 is 0.969 bits per heavy atom. The van der Waals surface area contributed by atoms with Crippen molar-refractivity contribution in [3.63, 3.8) is 0 Å². The molecule has 7 heteroatoms. The lowest BCUT2D eigenvalue weighted by Gasteiger charge is -2.08. The number of carbonyl (C=O) groups is 1. The second-order valence-corrected chi connectivity index (χ2v) is 8.56. The summed E-state index contributed by atoms with van der Waals surface area (Å²) in [4.78, 5) is 13.1. The lowest BCUT2D eigenvalue weighted by atomic mass is 10.0. The van der Waals surface area contributed by atoms with Gasteiger partial charge in [0.2, 0.25) is 4.80 Å². The molecule has 32 heavy (non-hydrogen) atoms. The van der Waals surface area contributed by atoms with Gasteiger partial charge < -0.3 is 21.5 Å². The number of nitrogens with zero attached hydrogens (tertiary/aromatic N) is 2. The third-order valence-electron chi connectivity index (χ3n) is 4.76. The first-order valence-corrected chi connectivity index (χ1v) is 11.4. The number of nitrogens with one attached hydrogen (secondary N) is 1. The molecule has 162 valence electrons. The molecule has 0 spiro atoms. The number of carbonyl (C=O) groups excluding carboxylic acids is 1. The third kappa shape index (κ3) is 5.54. The summed E-state index contributed by atoms with van der Waals surface area (Å²) in [7, 11) is 0. The second kappa shape index (κ2) is 11.2. The van der Waals surface area contributed by atoms with E-state index in [9.17, 15) is 4.79 Å². The van der Waals surface area contributed by atoms with Gasteiger partial charge in [-0.25, -0.2) is 5.43 Å². The van der Waals surface area contributed by atoms with Crippen LogP contribution in [0, 0.1) is 0 Å². The SMILES string of the molecule is C=CCn1c(-c2ccc(-c3ccccc3)cc2)cs/c1=N/NC(=O)c1ccc(Br)cc1.[Br-]. The van der Waals surface area contributed by atoms with E-state index < -0.39 is 0 Å². The van der Waals surface area contributed by atoms with Crippen molar-refractivity contribution >= 4 is 33.2 Å². The second-order valence-electron chi connectivity index (χ2n) is 6.81. The van der Waals surface area contributed by atoms with Crippen LogP contribution in [0.3, 0.4) is 0 Å². The lowest BCUT2D eigenvalue weighted by Crippen LogP contribution is -3.00. The van der Waals surface area contributed by atoms with Crippen LogP contribution in [0.25, 0.3) is 22.4 Å². The number of amides is 1. The number of hydrogen-bond acceptors (Lipinski definition) is 3. The molecule has 0 saturated carbocycles. The molecule has 0 bridgehead atoms. The molecular formula is C25H20Br2N3OS-. The van der Waals surface area contributed by atoms with Gasteiger partial charge in [-0.1, -0.05) is 76.6 Å². The van der Waals surface area contributed by atoms with E-state index in [2.05, 4.69) is 69.4 Å².